The minimum Gasteiger partial charge on any atom is -0.377 e. The molecule has 0 aromatic carbocycles. The third-order valence-electron chi connectivity index (χ3n) is 3.16. The van der Waals surface area contributed by atoms with Crippen LogP contribution in [0, 0.1) is 0 Å². The highest BCUT2D eigenvalue weighted by Crippen LogP contribution is 2.23. The minimum absolute atomic E-state index is 0.0261. The summed E-state index contributed by atoms with van der Waals surface area (Å²) in [5.74, 6) is -0.0261. The van der Waals surface area contributed by atoms with E-state index in [0.29, 0.717) is 12.1 Å². The van der Waals surface area contributed by atoms with Crippen molar-refractivity contribution in [1.29, 1.82) is 0 Å². The molecule has 1 aliphatic heterocycles. The predicted molar refractivity (Wildman–Crippen MR) is 73.9 cm³/mol. The third-order valence-corrected chi connectivity index (χ3v) is 4.08. The monoisotopic (exact) mass is 268 g/mol. The summed E-state index contributed by atoms with van der Waals surface area (Å²) in [6.07, 6.45) is 2.62. The van der Waals surface area contributed by atoms with Gasteiger partial charge in [-0.15, -0.1) is 11.3 Å². The normalized spacial score (nSPS) is 20.9. The number of ether oxygens (including phenoxy) is 1. The molecule has 0 aliphatic carbocycles. The highest BCUT2D eigenvalue weighted by atomic mass is 32.1. The van der Waals surface area contributed by atoms with Crippen LogP contribution in [0.25, 0.3) is 0 Å². The van der Waals surface area contributed by atoms with Crippen molar-refractivity contribution < 1.29 is 9.53 Å². The Morgan fingerprint density at radius 1 is 1.67 bits per heavy atom. The number of rotatable bonds is 5. The fourth-order valence-corrected chi connectivity index (χ4v) is 2.94. The lowest BCUT2D eigenvalue weighted by molar-refractivity contribution is -0.114. The van der Waals surface area contributed by atoms with Gasteiger partial charge in [-0.25, -0.2) is 0 Å². The van der Waals surface area contributed by atoms with Crippen molar-refractivity contribution in [2.75, 3.05) is 11.9 Å². The van der Waals surface area contributed by atoms with Gasteiger partial charge >= 0.3 is 0 Å². The van der Waals surface area contributed by atoms with Gasteiger partial charge in [0.1, 0.15) is 0 Å². The number of carbonyl (C=O) groups is 1. The summed E-state index contributed by atoms with van der Waals surface area (Å²) in [6, 6.07) is 2.29. The predicted octanol–water partition coefficient (Wildman–Crippen LogP) is 2.36. The van der Waals surface area contributed by atoms with E-state index in [1.807, 2.05) is 11.4 Å². The van der Waals surface area contributed by atoms with Crippen LogP contribution in [0.4, 0.5) is 5.69 Å². The van der Waals surface area contributed by atoms with Crippen molar-refractivity contribution in [3.63, 3.8) is 0 Å². The molecule has 2 atom stereocenters. The van der Waals surface area contributed by atoms with E-state index in [0.717, 1.165) is 36.6 Å². The zero-order chi connectivity index (χ0) is 13.0. The highest BCUT2D eigenvalue weighted by molar-refractivity contribution is 7.10. The fraction of sp³-hybridized carbons (Fsp3) is 0.615. The Morgan fingerprint density at radius 2 is 2.50 bits per heavy atom. The Hall–Kier alpha value is -0.910. The van der Waals surface area contributed by atoms with Gasteiger partial charge in [-0.2, -0.15) is 0 Å². The van der Waals surface area contributed by atoms with Crippen LogP contribution in [0.3, 0.4) is 0 Å². The molecular weight excluding hydrogens is 248 g/mol. The van der Waals surface area contributed by atoms with Crippen molar-refractivity contribution in [3.8, 4) is 0 Å². The molecule has 0 spiro atoms. The van der Waals surface area contributed by atoms with E-state index < -0.39 is 0 Å². The maximum absolute atomic E-state index is 11.1. The lowest BCUT2D eigenvalue weighted by Gasteiger charge is -2.20. The standard InChI is InChI=1S/C13H20N2O2S/c1-9(12-4-3-6-17-12)14-8-13-11(5-7-18-13)15-10(2)16/h5,7,9,12,14H,3-4,6,8H2,1-2H3,(H,15,16). The Morgan fingerprint density at radius 3 is 3.17 bits per heavy atom. The molecule has 2 N–H and O–H groups in total. The molecule has 0 saturated carbocycles. The maximum Gasteiger partial charge on any atom is 0.221 e. The van der Waals surface area contributed by atoms with Crippen LogP contribution in [0.15, 0.2) is 11.4 Å². The zero-order valence-electron chi connectivity index (χ0n) is 10.9. The summed E-state index contributed by atoms with van der Waals surface area (Å²) in [4.78, 5) is 12.2. The zero-order valence-corrected chi connectivity index (χ0v) is 11.7. The number of anilines is 1. The Balaban J connectivity index is 1.85. The molecular formula is C13H20N2O2S. The molecule has 1 aliphatic rings. The molecule has 100 valence electrons. The van der Waals surface area contributed by atoms with Crippen LogP contribution in [-0.2, 0) is 16.1 Å². The van der Waals surface area contributed by atoms with Crippen molar-refractivity contribution >= 4 is 22.9 Å². The molecule has 2 rings (SSSR count). The van der Waals surface area contributed by atoms with Crippen LogP contribution in [0.1, 0.15) is 31.6 Å². The van der Waals surface area contributed by atoms with Gasteiger partial charge in [0.15, 0.2) is 0 Å². The minimum atomic E-state index is -0.0261. The maximum atomic E-state index is 11.1. The first-order valence-electron chi connectivity index (χ1n) is 6.36. The van der Waals surface area contributed by atoms with Crippen LogP contribution in [0.2, 0.25) is 0 Å². The molecule has 4 nitrogen and oxygen atoms in total. The van der Waals surface area contributed by atoms with Crippen LogP contribution in [-0.4, -0.2) is 24.7 Å². The number of hydrogen-bond donors (Lipinski definition) is 2. The molecule has 2 unspecified atom stereocenters. The Kier molecular flexibility index (Phi) is 4.74. The summed E-state index contributed by atoms with van der Waals surface area (Å²) in [5.41, 5.74) is 0.916. The third kappa shape index (κ3) is 3.54. The molecule has 1 saturated heterocycles. The van der Waals surface area contributed by atoms with E-state index >= 15 is 0 Å². The topological polar surface area (TPSA) is 50.4 Å². The van der Waals surface area contributed by atoms with E-state index in [9.17, 15) is 4.79 Å². The molecule has 1 aromatic rings. The summed E-state index contributed by atoms with van der Waals surface area (Å²) >= 11 is 1.66. The first kappa shape index (κ1) is 13.5. The summed E-state index contributed by atoms with van der Waals surface area (Å²) in [6.45, 7) is 5.34. The SMILES string of the molecule is CC(=O)Nc1ccsc1CNC(C)C1CCCO1. The molecule has 1 amide bonds. The molecule has 5 heteroatoms. The highest BCUT2D eigenvalue weighted by Gasteiger charge is 2.22. The molecule has 1 aromatic heterocycles. The van der Waals surface area contributed by atoms with Crippen molar-refractivity contribution in [2.45, 2.75) is 45.4 Å². The second-order valence-electron chi connectivity index (χ2n) is 4.66. The molecule has 1 fully saturated rings. The van der Waals surface area contributed by atoms with Gasteiger partial charge in [-0.3, -0.25) is 4.79 Å². The second kappa shape index (κ2) is 6.31. The average Bonchev–Trinajstić information content (AvgIpc) is 2.95. The number of thiophene rings is 1. The quantitative estimate of drug-likeness (QED) is 0.862. The van der Waals surface area contributed by atoms with Crippen molar-refractivity contribution in [3.05, 3.63) is 16.3 Å². The number of hydrogen-bond acceptors (Lipinski definition) is 4. The summed E-state index contributed by atoms with van der Waals surface area (Å²) in [7, 11) is 0. The van der Waals surface area contributed by atoms with Crippen LogP contribution >= 0.6 is 11.3 Å². The summed E-state index contributed by atoms with van der Waals surface area (Å²) in [5, 5.41) is 8.32. The molecule has 2 heterocycles. The van der Waals surface area contributed by atoms with E-state index in [1.165, 1.54) is 6.92 Å². The molecule has 18 heavy (non-hydrogen) atoms. The smallest absolute Gasteiger partial charge is 0.221 e. The van der Waals surface area contributed by atoms with E-state index in [2.05, 4.69) is 17.6 Å². The van der Waals surface area contributed by atoms with Gasteiger partial charge in [0.05, 0.1) is 11.8 Å². The number of nitrogens with one attached hydrogen (secondary N) is 2. The molecule has 0 bridgehead atoms. The number of carbonyl (C=O) groups excluding carboxylic acids is 1. The van der Waals surface area contributed by atoms with E-state index in [1.54, 1.807) is 11.3 Å². The van der Waals surface area contributed by atoms with Gasteiger partial charge in [0, 0.05) is 31.0 Å². The Bertz CT molecular complexity index is 399. The largest absolute Gasteiger partial charge is 0.377 e. The van der Waals surface area contributed by atoms with Gasteiger partial charge in [-0.1, -0.05) is 0 Å². The van der Waals surface area contributed by atoms with Gasteiger partial charge in [-0.05, 0) is 31.2 Å². The Labute approximate surface area is 112 Å². The van der Waals surface area contributed by atoms with E-state index in [-0.39, 0.29) is 5.91 Å². The first-order valence-corrected chi connectivity index (χ1v) is 7.23. The van der Waals surface area contributed by atoms with Gasteiger partial charge in [0.25, 0.3) is 0 Å². The van der Waals surface area contributed by atoms with Crippen LogP contribution in [0.5, 0.6) is 0 Å². The first-order chi connectivity index (χ1) is 8.66. The number of amides is 1. The second-order valence-corrected chi connectivity index (χ2v) is 5.66. The lowest BCUT2D eigenvalue weighted by Crippen LogP contribution is -2.36. The van der Waals surface area contributed by atoms with Crippen molar-refractivity contribution in [1.82, 2.24) is 5.32 Å². The molecule has 0 radical (unpaired) electrons. The van der Waals surface area contributed by atoms with E-state index in [4.69, 9.17) is 4.74 Å². The fourth-order valence-electron chi connectivity index (χ4n) is 2.16. The van der Waals surface area contributed by atoms with Crippen LogP contribution < -0.4 is 10.6 Å². The van der Waals surface area contributed by atoms with Crippen molar-refractivity contribution in [2.24, 2.45) is 0 Å². The summed E-state index contributed by atoms with van der Waals surface area (Å²) < 4.78 is 5.65. The van der Waals surface area contributed by atoms with Gasteiger partial charge < -0.3 is 15.4 Å². The van der Waals surface area contributed by atoms with Gasteiger partial charge in [0.2, 0.25) is 5.91 Å². The average molecular weight is 268 g/mol. The lowest BCUT2D eigenvalue weighted by atomic mass is 10.1.